The fraction of sp³-hybridized carbons (Fsp3) is 0.278. The molecule has 0 aliphatic carbocycles. The van der Waals surface area contributed by atoms with Gasteiger partial charge in [0.05, 0.1) is 15.9 Å². The molecule has 0 saturated carbocycles. The van der Waals surface area contributed by atoms with Gasteiger partial charge >= 0.3 is 0 Å². The number of benzene rings is 1. The van der Waals surface area contributed by atoms with Crippen molar-refractivity contribution in [1.82, 2.24) is 14.8 Å². The Hall–Kier alpha value is -2.87. The van der Waals surface area contributed by atoms with E-state index in [4.69, 9.17) is 9.47 Å². The lowest BCUT2D eigenvalue weighted by Crippen LogP contribution is -2.22. The number of anilines is 1. The zero-order valence-electron chi connectivity index (χ0n) is 14.7. The van der Waals surface area contributed by atoms with Crippen molar-refractivity contribution in [2.45, 2.75) is 20.8 Å². The first-order valence-corrected chi connectivity index (χ1v) is 9.03. The predicted molar refractivity (Wildman–Crippen MR) is 99.6 cm³/mol. The van der Waals surface area contributed by atoms with Crippen molar-refractivity contribution in [3.63, 3.8) is 0 Å². The van der Waals surface area contributed by atoms with Crippen molar-refractivity contribution in [3.05, 3.63) is 47.0 Å². The van der Waals surface area contributed by atoms with Crippen LogP contribution in [0.4, 0.5) is 5.82 Å². The number of thiazole rings is 1. The Balaban J connectivity index is 1.69. The number of nitrogens with zero attached hydrogens (tertiary/aromatic N) is 3. The van der Waals surface area contributed by atoms with Crippen LogP contribution in [0.3, 0.4) is 0 Å². The molecule has 3 aromatic rings. The molecule has 3 heterocycles. The normalized spacial score (nSPS) is 13.9. The van der Waals surface area contributed by atoms with E-state index in [2.05, 4.69) is 41.4 Å². The minimum atomic E-state index is -0.376. The van der Waals surface area contributed by atoms with Gasteiger partial charge in [0.1, 0.15) is 25.3 Å². The second kappa shape index (κ2) is 6.45. The highest BCUT2D eigenvalue weighted by Gasteiger charge is 2.19. The van der Waals surface area contributed by atoms with Gasteiger partial charge in [0.2, 0.25) is 10.9 Å². The minimum Gasteiger partial charge on any atom is -0.494 e. The number of hydrogen-bond donors (Lipinski definition) is 1. The number of rotatable bonds is 3. The lowest BCUT2D eigenvalue weighted by atomic mass is 10.1. The maximum Gasteiger partial charge on any atom is 0.295 e. The summed E-state index contributed by atoms with van der Waals surface area (Å²) in [6, 6.07) is 5.99. The van der Waals surface area contributed by atoms with Crippen LogP contribution in [-0.2, 0) is 14.3 Å². The third-order valence-electron chi connectivity index (χ3n) is 4.12. The van der Waals surface area contributed by atoms with Crippen LogP contribution >= 0.6 is 11.3 Å². The number of fused-ring (bicyclic) bond motifs is 1. The fourth-order valence-corrected chi connectivity index (χ4v) is 3.67. The van der Waals surface area contributed by atoms with Crippen LogP contribution in [0.15, 0.2) is 30.2 Å². The van der Waals surface area contributed by atoms with E-state index in [1.54, 1.807) is 10.7 Å². The quantitative estimate of drug-likeness (QED) is 0.766. The largest absolute Gasteiger partial charge is 0.494 e. The first kappa shape index (κ1) is 16.6. The molecule has 0 spiro atoms. The molecule has 7 nitrogen and oxygen atoms in total. The molecular formula is C18H18N4O3S. The van der Waals surface area contributed by atoms with Gasteiger partial charge in [-0.1, -0.05) is 11.3 Å². The summed E-state index contributed by atoms with van der Waals surface area (Å²) in [5.74, 6) is 0.311. The van der Waals surface area contributed by atoms with E-state index < -0.39 is 0 Å². The molecule has 4 rings (SSSR count). The molecule has 1 aliphatic heterocycles. The second-order valence-electron chi connectivity index (χ2n) is 6.14. The highest BCUT2D eigenvalue weighted by Crippen LogP contribution is 2.29. The predicted octanol–water partition coefficient (Wildman–Crippen LogP) is 3.23. The van der Waals surface area contributed by atoms with Gasteiger partial charge < -0.3 is 14.8 Å². The molecular weight excluding hydrogens is 352 g/mol. The molecule has 0 bridgehead atoms. The van der Waals surface area contributed by atoms with Crippen LogP contribution < -0.4 is 5.32 Å². The molecule has 26 heavy (non-hydrogen) atoms. The number of aromatic nitrogens is 3. The lowest BCUT2D eigenvalue weighted by molar-refractivity contribution is -0.117. The van der Waals surface area contributed by atoms with Gasteiger partial charge in [-0.2, -0.15) is 9.78 Å². The molecule has 0 unspecified atom stereocenters. The third-order valence-corrected chi connectivity index (χ3v) is 5.11. The standard InChI is InChI=1S/C18H18N4O3S/c1-10-6-13-15(7-11(10)2)26-18(19-13)22-16(8-12(3)21-22)20-17(23)14-9-24-4-5-25-14/h6-9H,4-5H2,1-3H3,(H,20,23). The van der Waals surface area contributed by atoms with E-state index in [-0.39, 0.29) is 11.7 Å². The molecule has 8 heteroatoms. The van der Waals surface area contributed by atoms with Gasteiger partial charge in [0.25, 0.3) is 5.91 Å². The van der Waals surface area contributed by atoms with Crippen LogP contribution in [0.2, 0.25) is 0 Å². The summed E-state index contributed by atoms with van der Waals surface area (Å²) >= 11 is 1.53. The van der Waals surface area contributed by atoms with E-state index >= 15 is 0 Å². The zero-order chi connectivity index (χ0) is 18.3. The average molecular weight is 370 g/mol. The van der Waals surface area contributed by atoms with Crippen LogP contribution in [0.5, 0.6) is 0 Å². The summed E-state index contributed by atoms with van der Waals surface area (Å²) in [4.78, 5) is 17.1. The molecule has 0 atom stereocenters. The Labute approximate surface area is 154 Å². The van der Waals surface area contributed by atoms with Crippen LogP contribution in [0, 0.1) is 20.8 Å². The Bertz CT molecular complexity index is 996. The number of carbonyl (C=O) groups excluding carboxylic acids is 1. The monoisotopic (exact) mass is 370 g/mol. The van der Waals surface area contributed by atoms with Crippen molar-refractivity contribution in [2.24, 2.45) is 0 Å². The summed E-state index contributed by atoms with van der Waals surface area (Å²) in [6.45, 7) is 6.81. The van der Waals surface area contributed by atoms with Gasteiger partial charge in [0, 0.05) is 6.07 Å². The topological polar surface area (TPSA) is 78.3 Å². The van der Waals surface area contributed by atoms with E-state index in [1.807, 2.05) is 6.92 Å². The first-order valence-electron chi connectivity index (χ1n) is 8.22. The number of hydrogen-bond acceptors (Lipinski definition) is 6. The van der Waals surface area contributed by atoms with Crippen LogP contribution in [0.1, 0.15) is 16.8 Å². The summed E-state index contributed by atoms with van der Waals surface area (Å²) in [7, 11) is 0. The Kier molecular flexibility index (Phi) is 4.12. The number of nitrogens with one attached hydrogen (secondary N) is 1. The van der Waals surface area contributed by atoms with E-state index in [0.717, 1.165) is 15.9 Å². The third kappa shape index (κ3) is 3.03. The Morgan fingerprint density at radius 3 is 2.77 bits per heavy atom. The van der Waals surface area contributed by atoms with E-state index in [1.165, 1.54) is 28.7 Å². The minimum absolute atomic E-state index is 0.150. The van der Waals surface area contributed by atoms with Crippen molar-refractivity contribution < 1.29 is 14.3 Å². The van der Waals surface area contributed by atoms with Gasteiger partial charge in [-0.15, -0.1) is 0 Å². The van der Waals surface area contributed by atoms with Crippen molar-refractivity contribution in [2.75, 3.05) is 18.5 Å². The number of carbonyl (C=O) groups is 1. The smallest absolute Gasteiger partial charge is 0.295 e. The zero-order valence-corrected chi connectivity index (χ0v) is 15.5. The van der Waals surface area contributed by atoms with Gasteiger partial charge in [-0.25, -0.2) is 4.98 Å². The molecule has 0 saturated heterocycles. The summed E-state index contributed by atoms with van der Waals surface area (Å²) in [6.07, 6.45) is 1.33. The second-order valence-corrected chi connectivity index (χ2v) is 7.15. The SMILES string of the molecule is Cc1cc(NC(=O)C2=COCCO2)n(-c2nc3cc(C)c(C)cc3s2)n1. The van der Waals surface area contributed by atoms with Crippen LogP contribution in [0.25, 0.3) is 15.3 Å². The maximum absolute atomic E-state index is 12.4. The summed E-state index contributed by atoms with van der Waals surface area (Å²) in [5.41, 5.74) is 4.12. The average Bonchev–Trinajstić information content (AvgIpc) is 3.19. The molecule has 2 aromatic heterocycles. The molecule has 134 valence electrons. The fourth-order valence-electron chi connectivity index (χ4n) is 2.66. The molecule has 0 fully saturated rings. The Morgan fingerprint density at radius 2 is 2.00 bits per heavy atom. The molecule has 1 amide bonds. The van der Waals surface area contributed by atoms with Crippen molar-refractivity contribution in [3.8, 4) is 5.13 Å². The highest BCUT2D eigenvalue weighted by atomic mass is 32.1. The van der Waals surface area contributed by atoms with Crippen molar-refractivity contribution in [1.29, 1.82) is 0 Å². The number of amides is 1. The van der Waals surface area contributed by atoms with E-state index in [9.17, 15) is 4.79 Å². The lowest BCUT2D eigenvalue weighted by Gasteiger charge is -2.15. The maximum atomic E-state index is 12.4. The van der Waals surface area contributed by atoms with E-state index in [0.29, 0.717) is 24.2 Å². The number of aryl methyl sites for hydroxylation is 3. The first-order chi connectivity index (χ1) is 12.5. The molecule has 0 radical (unpaired) electrons. The summed E-state index contributed by atoms with van der Waals surface area (Å²) < 4.78 is 13.2. The van der Waals surface area contributed by atoms with Gasteiger partial charge in [-0.3, -0.25) is 4.79 Å². The number of ether oxygens (including phenoxy) is 2. The van der Waals surface area contributed by atoms with Gasteiger partial charge in [0.15, 0.2) is 0 Å². The molecule has 1 aromatic carbocycles. The van der Waals surface area contributed by atoms with Gasteiger partial charge in [-0.05, 0) is 44.0 Å². The summed E-state index contributed by atoms with van der Waals surface area (Å²) in [5, 5.41) is 8.00. The molecule has 1 aliphatic rings. The molecule has 1 N–H and O–H groups in total. The highest BCUT2D eigenvalue weighted by molar-refractivity contribution is 7.20. The Morgan fingerprint density at radius 1 is 1.19 bits per heavy atom. The van der Waals surface area contributed by atoms with Crippen molar-refractivity contribution >= 4 is 33.3 Å². The van der Waals surface area contributed by atoms with Crippen LogP contribution in [-0.4, -0.2) is 33.9 Å².